The second-order valence-electron chi connectivity index (χ2n) is 3.69. The minimum absolute atomic E-state index is 0.0124. The molecule has 1 radical (unpaired) electrons. The van der Waals surface area contributed by atoms with Crippen molar-refractivity contribution < 1.29 is 4.79 Å². The molecule has 3 nitrogen and oxygen atoms in total. The molecule has 15 heavy (non-hydrogen) atoms. The Hall–Kier alpha value is -1.77. The van der Waals surface area contributed by atoms with Crippen LogP contribution in [0.1, 0.15) is 5.69 Å². The normalized spacial score (nSPS) is 10.5. The fraction of sp³-hybridized carbons (Fsp3) is 0.167. The first kappa shape index (κ1) is 9.77. The highest BCUT2D eigenvalue weighted by molar-refractivity contribution is 5.90. The summed E-state index contributed by atoms with van der Waals surface area (Å²) in [5.41, 5.74) is 1.89. The maximum atomic E-state index is 11.4. The predicted octanol–water partition coefficient (Wildman–Crippen LogP) is 1.81. The topological polar surface area (TPSA) is 36.1 Å². The van der Waals surface area contributed by atoms with Crippen molar-refractivity contribution in [1.29, 1.82) is 0 Å². The lowest BCUT2D eigenvalue weighted by Gasteiger charge is -2.07. The minimum Gasteiger partial charge on any atom is -0.358 e. The van der Waals surface area contributed by atoms with Crippen LogP contribution < -0.4 is 0 Å². The summed E-state index contributed by atoms with van der Waals surface area (Å²) >= 11 is 0. The molecule has 0 aliphatic heterocycles. The first-order chi connectivity index (χ1) is 7.16. The van der Waals surface area contributed by atoms with Gasteiger partial charge < -0.3 is 9.88 Å². The van der Waals surface area contributed by atoms with E-state index in [4.69, 9.17) is 0 Å². The van der Waals surface area contributed by atoms with E-state index in [1.165, 1.54) is 0 Å². The Morgan fingerprint density at radius 2 is 2.07 bits per heavy atom. The number of amides is 1. The minimum atomic E-state index is -0.0124. The first-order valence-electron chi connectivity index (χ1n) is 4.80. The van der Waals surface area contributed by atoms with Crippen molar-refractivity contribution in [2.75, 3.05) is 14.1 Å². The number of aromatic amines is 1. The number of carbonyl (C=O) groups is 1. The van der Waals surface area contributed by atoms with Crippen LogP contribution in [0.25, 0.3) is 10.9 Å². The predicted molar refractivity (Wildman–Crippen MR) is 60.4 cm³/mol. The number of likely N-dealkylation sites (N-methyl/N-ethyl adjacent to an activating group) is 1. The number of nitrogens with one attached hydrogen (secondary N) is 1. The highest BCUT2D eigenvalue weighted by Gasteiger charge is 2.08. The monoisotopic (exact) mass is 201 g/mol. The Balaban J connectivity index is 2.26. The maximum Gasteiger partial charge on any atom is 0.232 e. The van der Waals surface area contributed by atoms with E-state index < -0.39 is 0 Å². The smallest absolute Gasteiger partial charge is 0.232 e. The van der Waals surface area contributed by atoms with Gasteiger partial charge in [0.25, 0.3) is 0 Å². The van der Waals surface area contributed by atoms with Gasteiger partial charge in [0.2, 0.25) is 5.91 Å². The molecule has 1 amide bonds. The van der Waals surface area contributed by atoms with E-state index in [2.05, 4.69) is 4.98 Å². The molecule has 0 fully saturated rings. The van der Waals surface area contributed by atoms with E-state index in [-0.39, 0.29) is 5.91 Å². The van der Waals surface area contributed by atoms with E-state index in [0.29, 0.717) is 0 Å². The first-order valence-corrected chi connectivity index (χ1v) is 4.80. The van der Waals surface area contributed by atoms with E-state index in [0.717, 1.165) is 16.6 Å². The second kappa shape index (κ2) is 3.77. The van der Waals surface area contributed by atoms with Crippen molar-refractivity contribution in [2.45, 2.75) is 0 Å². The van der Waals surface area contributed by atoms with Crippen molar-refractivity contribution in [2.24, 2.45) is 0 Å². The number of nitrogens with zero attached hydrogens (tertiary/aromatic N) is 1. The lowest BCUT2D eigenvalue weighted by atomic mass is 10.2. The van der Waals surface area contributed by atoms with E-state index in [9.17, 15) is 4.79 Å². The quantitative estimate of drug-likeness (QED) is 0.790. The molecule has 0 aliphatic carbocycles. The molecule has 0 unspecified atom stereocenters. The number of carbonyl (C=O) groups excluding carboxylic acids is 1. The van der Waals surface area contributed by atoms with E-state index in [1.807, 2.05) is 30.3 Å². The van der Waals surface area contributed by atoms with Crippen molar-refractivity contribution in [1.82, 2.24) is 9.88 Å². The van der Waals surface area contributed by atoms with Gasteiger partial charge in [0.05, 0.1) is 6.42 Å². The van der Waals surface area contributed by atoms with Crippen molar-refractivity contribution >= 4 is 16.8 Å². The summed E-state index contributed by atoms with van der Waals surface area (Å²) < 4.78 is 0. The Morgan fingerprint density at radius 1 is 1.33 bits per heavy atom. The third-order valence-corrected chi connectivity index (χ3v) is 2.27. The number of H-pyrrole nitrogens is 1. The average molecular weight is 201 g/mol. The summed E-state index contributed by atoms with van der Waals surface area (Å²) in [6.07, 6.45) is 1.60. The molecule has 1 N–H and O–H groups in total. The van der Waals surface area contributed by atoms with Gasteiger partial charge in [-0.15, -0.1) is 0 Å². The van der Waals surface area contributed by atoms with Gasteiger partial charge in [0.1, 0.15) is 0 Å². The largest absolute Gasteiger partial charge is 0.358 e. The second-order valence-corrected chi connectivity index (χ2v) is 3.69. The highest BCUT2D eigenvalue weighted by atomic mass is 16.2. The zero-order valence-corrected chi connectivity index (χ0v) is 8.82. The van der Waals surface area contributed by atoms with Crippen molar-refractivity contribution in [3.8, 4) is 0 Å². The molecule has 0 saturated heterocycles. The average Bonchev–Trinajstić information content (AvgIpc) is 2.59. The molecule has 3 heteroatoms. The zero-order chi connectivity index (χ0) is 10.8. The molecule has 1 aromatic heterocycles. The summed E-state index contributed by atoms with van der Waals surface area (Å²) in [5.74, 6) is -0.0124. The molecule has 2 aromatic rings. The van der Waals surface area contributed by atoms with Gasteiger partial charge in [-0.3, -0.25) is 4.79 Å². The fourth-order valence-corrected chi connectivity index (χ4v) is 1.44. The SMILES string of the molecule is CN(C)C(=O)[CH]c1cc2ccccc2[nH]1. The van der Waals surface area contributed by atoms with E-state index >= 15 is 0 Å². The van der Waals surface area contributed by atoms with Gasteiger partial charge in [-0.05, 0) is 17.5 Å². The van der Waals surface area contributed by atoms with Gasteiger partial charge in [-0.1, -0.05) is 18.2 Å². The third kappa shape index (κ3) is 2.01. The van der Waals surface area contributed by atoms with Crippen LogP contribution in [0, 0.1) is 6.42 Å². The number of rotatable bonds is 2. The van der Waals surface area contributed by atoms with Crippen LogP contribution in [0.3, 0.4) is 0 Å². The molecule has 2 rings (SSSR count). The van der Waals surface area contributed by atoms with Crippen molar-refractivity contribution in [3.05, 3.63) is 42.4 Å². The zero-order valence-electron chi connectivity index (χ0n) is 8.82. The molecule has 0 spiro atoms. The van der Waals surface area contributed by atoms with Gasteiger partial charge in [-0.2, -0.15) is 0 Å². The summed E-state index contributed by atoms with van der Waals surface area (Å²) in [6, 6.07) is 9.93. The lowest BCUT2D eigenvalue weighted by molar-refractivity contribution is -0.124. The molecular formula is C12H13N2O. The van der Waals surface area contributed by atoms with Gasteiger partial charge in [0.15, 0.2) is 0 Å². The van der Waals surface area contributed by atoms with E-state index in [1.54, 1.807) is 25.4 Å². The molecule has 0 bridgehead atoms. The van der Waals surface area contributed by atoms with Gasteiger partial charge in [0, 0.05) is 25.3 Å². The molecule has 0 saturated carbocycles. The Labute approximate surface area is 88.7 Å². The number of aromatic nitrogens is 1. The van der Waals surface area contributed by atoms with Gasteiger partial charge in [-0.25, -0.2) is 0 Å². The maximum absolute atomic E-state index is 11.4. The lowest BCUT2D eigenvalue weighted by Crippen LogP contribution is -2.22. The number of benzene rings is 1. The van der Waals surface area contributed by atoms with Crippen LogP contribution in [-0.2, 0) is 4.79 Å². The molecule has 0 aliphatic rings. The molecule has 0 atom stereocenters. The summed E-state index contributed by atoms with van der Waals surface area (Å²) in [7, 11) is 3.48. The van der Waals surface area contributed by atoms with Crippen LogP contribution in [0.15, 0.2) is 30.3 Å². The molecule has 77 valence electrons. The number of hydrogen-bond donors (Lipinski definition) is 1. The third-order valence-electron chi connectivity index (χ3n) is 2.27. The van der Waals surface area contributed by atoms with Crippen LogP contribution in [0.4, 0.5) is 0 Å². The Morgan fingerprint density at radius 3 is 2.73 bits per heavy atom. The molecular weight excluding hydrogens is 188 g/mol. The number of para-hydroxylation sites is 1. The Bertz CT molecular complexity index is 452. The highest BCUT2D eigenvalue weighted by Crippen LogP contribution is 2.15. The van der Waals surface area contributed by atoms with Crippen LogP contribution in [0.2, 0.25) is 0 Å². The number of fused-ring (bicyclic) bond motifs is 1. The summed E-state index contributed by atoms with van der Waals surface area (Å²) in [6.45, 7) is 0. The summed E-state index contributed by atoms with van der Waals surface area (Å²) in [4.78, 5) is 16.2. The van der Waals surface area contributed by atoms with Crippen molar-refractivity contribution in [3.63, 3.8) is 0 Å². The summed E-state index contributed by atoms with van der Waals surface area (Å²) in [5, 5.41) is 1.12. The van der Waals surface area contributed by atoms with Crippen LogP contribution >= 0.6 is 0 Å². The Kier molecular flexibility index (Phi) is 2.46. The van der Waals surface area contributed by atoms with Gasteiger partial charge >= 0.3 is 0 Å². The molecule has 1 aromatic carbocycles. The number of hydrogen-bond acceptors (Lipinski definition) is 1. The fourth-order valence-electron chi connectivity index (χ4n) is 1.44. The van der Waals surface area contributed by atoms with Crippen LogP contribution in [-0.4, -0.2) is 29.9 Å². The van der Waals surface area contributed by atoms with Crippen LogP contribution in [0.5, 0.6) is 0 Å². The molecule has 1 heterocycles. The standard InChI is InChI=1S/C12H13N2O/c1-14(2)12(15)8-10-7-9-5-3-4-6-11(9)13-10/h3-8,13H,1-2H3.